The summed E-state index contributed by atoms with van der Waals surface area (Å²) in [5.74, 6) is 1.45. The zero-order valence-corrected chi connectivity index (χ0v) is 8.91. The fraction of sp³-hybridized carbons (Fsp3) is 0.667. The van der Waals surface area contributed by atoms with E-state index in [0.29, 0.717) is 11.7 Å². The molecule has 0 atom stereocenters. The number of nitrogens with one attached hydrogen (secondary N) is 1. The maximum Gasteiger partial charge on any atom is 0.198 e. The van der Waals surface area contributed by atoms with E-state index in [2.05, 4.69) is 27.3 Å². The maximum absolute atomic E-state index is 5.74. The number of amidine groups is 1. The highest BCUT2D eigenvalue weighted by Gasteiger charge is 2.07. The molecule has 0 saturated heterocycles. The number of hydrogen-bond acceptors (Lipinski definition) is 3. The molecule has 0 aliphatic rings. The molecule has 0 spiro atoms. The molecule has 1 aromatic heterocycles. The topological polar surface area (TPSA) is 80.0 Å². The number of aromatic amines is 1. The van der Waals surface area contributed by atoms with Gasteiger partial charge in [-0.25, -0.2) is 4.99 Å². The predicted octanol–water partition coefficient (Wildman–Crippen LogP) is 1.40. The molecule has 0 saturated carbocycles. The minimum atomic E-state index is 0.237. The molecule has 1 heterocycles. The molecule has 0 amide bonds. The van der Waals surface area contributed by atoms with Crippen molar-refractivity contribution in [1.29, 1.82) is 0 Å². The lowest BCUT2D eigenvalue weighted by Crippen LogP contribution is -2.18. The minimum Gasteiger partial charge on any atom is -0.387 e. The summed E-state index contributed by atoms with van der Waals surface area (Å²) in [5, 5.41) is 10.5. The third-order valence-corrected chi connectivity index (χ3v) is 1.91. The second-order valence-corrected chi connectivity index (χ2v) is 3.54. The van der Waals surface area contributed by atoms with Gasteiger partial charge in [-0.15, -0.1) is 5.10 Å². The lowest BCUT2D eigenvalue weighted by Gasteiger charge is -2.02. The molecule has 1 rings (SSSR count). The van der Waals surface area contributed by atoms with Crippen LogP contribution in [0.15, 0.2) is 4.99 Å². The van der Waals surface area contributed by atoms with Crippen molar-refractivity contribution < 1.29 is 0 Å². The fourth-order valence-corrected chi connectivity index (χ4v) is 0.993. The second-order valence-electron chi connectivity index (χ2n) is 3.54. The van der Waals surface area contributed by atoms with Crippen molar-refractivity contribution in [3.8, 4) is 0 Å². The number of rotatable bonds is 4. The van der Waals surface area contributed by atoms with Gasteiger partial charge in [-0.05, 0) is 6.42 Å². The molecule has 0 radical (unpaired) electrons. The number of aryl methyl sites for hydroxylation is 1. The smallest absolute Gasteiger partial charge is 0.198 e. The van der Waals surface area contributed by atoms with E-state index >= 15 is 0 Å². The Morgan fingerprint density at radius 1 is 1.50 bits per heavy atom. The van der Waals surface area contributed by atoms with E-state index in [0.717, 1.165) is 18.5 Å². The first-order valence-corrected chi connectivity index (χ1v) is 4.88. The standard InChI is InChI=1S/C9H17N5/c1-4-5-7-9(13-14-12-7)11-8(10)6(2)3/h6H,4-5H2,1-3H3,(H3,10,11,12,13,14). The third kappa shape index (κ3) is 2.55. The van der Waals surface area contributed by atoms with Crippen molar-refractivity contribution in [1.82, 2.24) is 15.4 Å². The Morgan fingerprint density at radius 3 is 2.79 bits per heavy atom. The van der Waals surface area contributed by atoms with Crippen molar-refractivity contribution >= 4 is 11.7 Å². The van der Waals surface area contributed by atoms with Crippen molar-refractivity contribution in [2.45, 2.75) is 33.6 Å². The van der Waals surface area contributed by atoms with Crippen molar-refractivity contribution in [3.05, 3.63) is 5.69 Å². The molecular weight excluding hydrogens is 178 g/mol. The highest BCUT2D eigenvalue weighted by molar-refractivity contribution is 5.84. The summed E-state index contributed by atoms with van der Waals surface area (Å²) in [6.45, 7) is 6.09. The molecule has 1 aromatic rings. The van der Waals surface area contributed by atoms with Gasteiger partial charge in [0.15, 0.2) is 5.82 Å². The Bertz CT molecular complexity index is 313. The van der Waals surface area contributed by atoms with Gasteiger partial charge >= 0.3 is 0 Å². The van der Waals surface area contributed by atoms with Gasteiger partial charge in [0.25, 0.3) is 0 Å². The van der Waals surface area contributed by atoms with E-state index in [1.165, 1.54) is 0 Å². The summed E-state index contributed by atoms with van der Waals surface area (Å²) in [4.78, 5) is 4.23. The molecule has 14 heavy (non-hydrogen) atoms. The van der Waals surface area contributed by atoms with E-state index in [1.807, 2.05) is 13.8 Å². The van der Waals surface area contributed by atoms with E-state index < -0.39 is 0 Å². The summed E-state index contributed by atoms with van der Waals surface area (Å²) in [7, 11) is 0. The largest absolute Gasteiger partial charge is 0.387 e. The van der Waals surface area contributed by atoms with Gasteiger partial charge < -0.3 is 5.73 Å². The highest BCUT2D eigenvalue weighted by atomic mass is 15.4. The van der Waals surface area contributed by atoms with Crippen LogP contribution >= 0.6 is 0 Å². The van der Waals surface area contributed by atoms with Crippen molar-refractivity contribution in [2.24, 2.45) is 16.6 Å². The normalized spacial score (nSPS) is 12.4. The van der Waals surface area contributed by atoms with Gasteiger partial charge in [-0.3, -0.25) is 0 Å². The van der Waals surface area contributed by atoms with Crippen LogP contribution in [0, 0.1) is 5.92 Å². The second kappa shape index (κ2) is 4.74. The number of nitrogens with two attached hydrogens (primary N) is 1. The summed E-state index contributed by atoms with van der Waals surface area (Å²) >= 11 is 0. The Labute approximate surface area is 83.8 Å². The van der Waals surface area contributed by atoms with Crippen LogP contribution in [-0.4, -0.2) is 21.2 Å². The van der Waals surface area contributed by atoms with Gasteiger partial charge in [0.05, 0.1) is 0 Å². The molecular formula is C9H17N5. The van der Waals surface area contributed by atoms with E-state index in [-0.39, 0.29) is 5.92 Å². The van der Waals surface area contributed by atoms with Crippen LogP contribution in [0.25, 0.3) is 0 Å². The molecule has 5 heteroatoms. The third-order valence-electron chi connectivity index (χ3n) is 1.91. The SMILES string of the molecule is CCCc1n[nH]nc1N=C(N)C(C)C. The average Bonchev–Trinajstić information content (AvgIpc) is 2.53. The number of aromatic nitrogens is 3. The zero-order valence-electron chi connectivity index (χ0n) is 8.91. The molecule has 3 N–H and O–H groups in total. The van der Waals surface area contributed by atoms with Gasteiger partial charge in [0, 0.05) is 5.92 Å². The van der Waals surface area contributed by atoms with Crippen LogP contribution < -0.4 is 5.73 Å². The lowest BCUT2D eigenvalue weighted by molar-refractivity contribution is 0.852. The van der Waals surface area contributed by atoms with E-state index in [9.17, 15) is 0 Å². The van der Waals surface area contributed by atoms with Gasteiger partial charge in [-0.2, -0.15) is 10.3 Å². The van der Waals surface area contributed by atoms with E-state index in [4.69, 9.17) is 5.73 Å². The molecule has 0 fully saturated rings. The number of hydrogen-bond donors (Lipinski definition) is 2. The maximum atomic E-state index is 5.74. The van der Waals surface area contributed by atoms with Crippen LogP contribution in [0.2, 0.25) is 0 Å². The van der Waals surface area contributed by atoms with Crippen LogP contribution in [0.1, 0.15) is 32.9 Å². The van der Waals surface area contributed by atoms with Crippen LogP contribution in [0.5, 0.6) is 0 Å². The molecule has 0 aromatic carbocycles. The highest BCUT2D eigenvalue weighted by Crippen LogP contribution is 2.14. The van der Waals surface area contributed by atoms with Crippen molar-refractivity contribution in [3.63, 3.8) is 0 Å². The number of nitrogens with zero attached hydrogens (tertiary/aromatic N) is 3. The van der Waals surface area contributed by atoms with Gasteiger partial charge in [0.2, 0.25) is 0 Å². The van der Waals surface area contributed by atoms with Crippen LogP contribution in [0.3, 0.4) is 0 Å². The Kier molecular flexibility index (Phi) is 3.62. The average molecular weight is 195 g/mol. The fourth-order valence-electron chi connectivity index (χ4n) is 0.993. The molecule has 78 valence electrons. The summed E-state index contributed by atoms with van der Waals surface area (Å²) in [6, 6.07) is 0. The Morgan fingerprint density at radius 2 is 2.21 bits per heavy atom. The first-order valence-electron chi connectivity index (χ1n) is 4.88. The van der Waals surface area contributed by atoms with E-state index in [1.54, 1.807) is 0 Å². The molecule has 0 unspecified atom stereocenters. The van der Waals surface area contributed by atoms with Gasteiger partial charge in [0.1, 0.15) is 11.5 Å². The predicted molar refractivity (Wildman–Crippen MR) is 56.5 cm³/mol. The number of H-pyrrole nitrogens is 1. The minimum absolute atomic E-state index is 0.237. The summed E-state index contributed by atoms with van der Waals surface area (Å²) < 4.78 is 0. The first-order chi connectivity index (χ1) is 6.65. The van der Waals surface area contributed by atoms with Crippen LogP contribution in [-0.2, 0) is 6.42 Å². The number of aliphatic imine (C=N–C) groups is 1. The zero-order chi connectivity index (χ0) is 10.6. The molecule has 5 nitrogen and oxygen atoms in total. The monoisotopic (exact) mass is 195 g/mol. The Balaban J connectivity index is 2.85. The van der Waals surface area contributed by atoms with Crippen molar-refractivity contribution in [2.75, 3.05) is 0 Å². The molecule has 0 aliphatic carbocycles. The Hall–Kier alpha value is -1.39. The lowest BCUT2D eigenvalue weighted by atomic mass is 10.2. The summed E-state index contributed by atoms with van der Waals surface area (Å²) in [6.07, 6.45) is 1.90. The van der Waals surface area contributed by atoms with Crippen LogP contribution in [0.4, 0.5) is 5.82 Å². The van der Waals surface area contributed by atoms with Gasteiger partial charge in [-0.1, -0.05) is 27.2 Å². The molecule has 0 bridgehead atoms. The quantitative estimate of drug-likeness (QED) is 0.563. The molecule has 0 aliphatic heterocycles. The first kappa shape index (κ1) is 10.7. The summed E-state index contributed by atoms with van der Waals surface area (Å²) in [5.41, 5.74) is 6.63.